The molecule has 5 rings (SSSR count). The summed E-state index contributed by atoms with van der Waals surface area (Å²) in [7, 11) is 0. The van der Waals surface area contributed by atoms with Gasteiger partial charge in [0, 0.05) is 42.4 Å². The standard InChI is InChI=1S/C23H23N5O3/c1-15-18-6-2-3-7-19(18)31-21(15)22(29)25-17-8-9-20-26-28(23(30)27(20)12-10-17)14-16-5-4-11-24-13-16/h2-7,11,13,17H,8-10,12,14H2,1H3,(H,25,29). The molecule has 8 nitrogen and oxygen atoms in total. The van der Waals surface area contributed by atoms with Gasteiger partial charge in [-0.25, -0.2) is 9.48 Å². The van der Waals surface area contributed by atoms with E-state index in [2.05, 4.69) is 15.4 Å². The Kier molecular flexibility index (Phi) is 4.89. The van der Waals surface area contributed by atoms with Crippen molar-refractivity contribution in [2.75, 3.05) is 0 Å². The van der Waals surface area contributed by atoms with Crippen LogP contribution in [0.2, 0.25) is 0 Å². The van der Waals surface area contributed by atoms with Gasteiger partial charge in [-0.2, -0.15) is 5.10 Å². The number of amides is 1. The number of aryl methyl sites for hydroxylation is 2. The Morgan fingerprint density at radius 3 is 2.90 bits per heavy atom. The number of nitrogens with zero attached hydrogens (tertiary/aromatic N) is 4. The van der Waals surface area contributed by atoms with Crippen molar-refractivity contribution in [1.82, 2.24) is 24.6 Å². The molecule has 0 saturated carbocycles. The van der Waals surface area contributed by atoms with Gasteiger partial charge in [0.2, 0.25) is 0 Å². The van der Waals surface area contributed by atoms with Crippen LogP contribution in [0.15, 0.2) is 58.0 Å². The SMILES string of the molecule is Cc1c(C(=O)NC2CCc3nn(Cc4cccnc4)c(=O)n3CC2)oc2ccccc12. The number of para-hydroxylation sites is 1. The zero-order chi connectivity index (χ0) is 21.4. The van der Waals surface area contributed by atoms with E-state index in [1.165, 1.54) is 4.68 Å². The first-order valence-corrected chi connectivity index (χ1v) is 10.4. The minimum absolute atomic E-state index is 0.0482. The Morgan fingerprint density at radius 2 is 2.10 bits per heavy atom. The lowest BCUT2D eigenvalue weighted by molar-refractivity contribution is 0.0906. The molecule has 1 aromatic carbocycles. The van der Waals surface area contributed by atoms with Crippen molar-refractivity contribution >= 4 is 16.9 Å². The van der Waals surface area contributed by atoms with Crippen molar-refractivity contribution in [1.29, 1.82) is 0 Å². The third kappa shape index (κ3) is 3.65. The zero-order valence-electron chi connectivity index (χ0n) is 17.2. The minimum atomic E-state index is -0.216. The van der Waals surface area contributed by atoms with Crippen LogP contribution in [0.4, 0.5) is 0 Å². The largest absolute Gasteiger partial charge is 0.451 e. The molecule has 1 atom stereocenters. The molecule has 0 radical (unpaired) electrons. The van der Waals surface area contributed by atoms with E-state index in [1.54, 1.807) is 17.0 Å². The fourth-order valence-electron chi connectivity index (χ4n) is 4.18. The molecule has 1 aliphatic heterocycles. The van der Waals surface area contributed by atoms with Gasteiger partial charge in [-0.15, -0.1) is 0 Å². The summed E-state index contributed by atoms with van der Waals surface area (Å²) in [4.78, 5) is 29.7. The van der Waals surface area contributed by atoms with E-state index < -0.39 is 0 Å². The fourth-order valence-corrected chi connectivity index (χ4v) is 4.18. The van der Waals surface area contributed by atoms with Crippen LogP contribution < -0.4 is 11.0 Å². The van der Waals surface area contributed by atoms with E-state index in [1.807, 2.05) is 43.3 Å². The van der Waals surface area contributed by atoms with Crippen LogP contribution in [0.5, 0.6) is 0 Å². The molecular weight excluding hydrogens is 394 g/mol. The summed E-state index contributed by atoms with van der Waals surface area (Å²) in [6.45, 7) is 2.82. The first-order chi connectivity index (χ1) is 15.1. The highest BCUT2D eigenvalue weighted by Crippen LogP contribution is 2.25. The number of rotatable bonds is 4. The maximum absolute atomic E-state index is 12.9. The van der Waals surface area contributed by atoms with Crippen LogP contribution in [0.1, 0.15) is 40.3 Å². The Labute approximate surface area is 178 Å². The summed E-state index contributed by atoms with van der Waals surface area (Å²) in [6.07, 6.45) is 5.45. The molecule has 0 saturated heterocycles. The van der Waals surface area contributed by atoms with Crippen LogP contribution >= 0.6 is 0 Å². The summed E-state index contributed by atoms with van der Waals surface area (Å²) in [6, 6.07) is 11.4. The van der Waals surface area contributed by atoms with E-state index in [0.717, 1.165) is 22.3 Å². The quantitative estimate of drug-likeness (QED) is 0.551. The highest BCUT2D eigenvalue weighted by atomic mass is 16.3. The van der Waals surface area contributed by atoms with Crippen LogP contribution in [-0.2, 0) is 19.5 Å². The normalized spacial score (nSPS) is 16.1. The number of nitrogens with one attached hydrogen (secondary N) is 1. The summed E-state index contributed by atoms with van der Waals surface area (Å²) in [5.74, 6) is 0.889. The van der Waals surface area contributed by atoms with Crippen molar-refractivity contribution in [3.05, 3.63) is 82.0 Å². The monoisotopic (exact) mass is 417 g/mol. The van der Waals surface area contributed by atoms with Gasteiger partial charge in [-0.1, -0.05) is 24.3 Å². The van der Waals surface area contributed by atoms with Gasteiger partial charge in [0.1, 0.15) is 11.4 Å². The Balaban J connectivity index is 1.29. The van der Waals surface area contributed by atoms with Gasteiger partial charge in [-0.3, -0.25) is 14.3 Å². The highest BCUT2D eigenvalue weighted by Gasteiger charge is 2.24. The van der Waals surface area contributed by atoms with Crippen molar-refractivity contribution in [2.24, 2.45) is 0 Å². The molecule has 0 spiro atoms. The molecule has 158 valence electrons. The topological polar surface area (TPSA) is 95.0 Å². The lowest BCUT2D eigenvalue weighted by atomic mass is 10.1. The van der Waals surface area contributed by atoms with E-state index in [-0.39, 0.29) is 17.6 Å². The van der Waals surface area contributed by atoms with Crippen molar-refractivity contribution in [2.45, 2.75) is 45.3 Å². The van der Waals surface area contributed by atoms with E-state index in [9.17, 15) is 9.59 Å². The number of carbonyl (C=O) groups is 1. The number of pyridine rings is 1. The van der Waals surface area contributed by atoms with E-state index in [0.29, 0.717) is 43.7 Å². The summed E-state index contributed by atoms with van der Waals surface area (Å²) >= 11 is 0. The summed E-state index contributed by atoms with van der Waals surface area (Å²) < 4.78 is 8.99. The molecule has 0 aliphatic carbocycles. The molecule has 1 N–H and O–H groups in total. The molecule has 1 aliphatic rings. The fraction of sp³-hybridized carbons (Fsp3) is 0.304. The Bertz CT molecular complexity index is 1300. The molecule has 0 bridgehead atoms. The lowest BCUT2D eigenvalue weighted by Crippen LogP contribution is -2.36. The summed E-state index contributed by atoms with van der Waals surface area (Å²) in [5, 5.41) is 8.56. The summed E-state index contributed by atoms with van der Waals surface area (Å²) in [5.41, 5.74) is 2.36. The van der Waals surface area contributed by atoms with Crippen LogP contribution in [-0.4, -0.2) is 31.3 Å². The van der Waals surface area contributed by atoms with Crippen molar-refractivity contribution < 1.29 is 9.21 Å². The van der Waals surface area contributed by atoms with Gasteiger partial charge < -0.3 is 9.73 Å². The van der Waals surface area contributed by atoms with E-state index >= 15 is 0 Å². The molecule has 8 heteroatoms. The maximum atomic E-state index is 12.9. The average Bonchev–Trinajstić information content (AvgIpc) is 3.19. The average molecular weight is 417 g/mol. The molecular formula is C23H23N5O3. The predicted octanol–water partition coefficient (Wildman–Crippen LogP) is 2.68. The highest BCUT2D eigenvalue weighted by molar-refractivity contribution is 5.99. The smallest absolute Gasteiger partial charge is 0.346 e. The maximum Gasteiger partial charge on any atom is 0.346 e. The minimum Gasteiger partial charge on any atom is -0.451 e. The molecule has 3 aromatic heterocycles. The van der Waals surface area contributed by atoms with Crippen molar-refractivity contribution in [3.8, 4) is 0 Å². The van der Waals surface area contributed by atoms with Gasteiger partial charge in [-0.05, 0) is 37.5 Å². The number of hydrogen-bond donors (Lipinski definition) is 1. The molecule has 31 heavy (non-hydrogen) atoms. The molecule has 1 unspecified atom stereocenters. The molecule has 0 fully saturated rings. The Morgan fingerprint density at radius 1 is 1.23 bits per heavy atom. The van der Waals surface area contributed by atoms with Crippen LogP contribution in [0, 0.1) is 6.92 Å². The second-order valence-corrected chi connectivity index (χ2v) is 7.92. The molecule has 4 heterocycles. The van der Waals surface area contributed by atoms with Crippen LogP contribution in [0.25, 0.3) is 11.0 Å². The first-order valence-electron chi connectivity index (χ1n) is 10.4. The zero-order valence-corrected chi connectivity index (χ0v) is 17.2. The number of carbonyl (C=O) groups excluding carboxylic acids is 1. The third-order valence-corrected chi connectivity index (χ3v) is 5.86. The number of furan rings is 1. The Hall–Kier alpha value is -3.68. The van der Waals surface area contributed by atoms with E-state index in [4.69, 9.17) is 4.42 Å². The lowest BCUT2D eigenvalue weighted by Gasteiger charge is -2.15. The third-order valence-electron chi connectivity index (χ3n) is 5.86. The second-order valence-electron chi connectivity index (χ2n) is 7.92. The number of benzene rings is 1. The van der Waals surface area contributed by atoms with Crippen molar-refractivity contribution in [3.63, 3.8) is 0 Å². The van der Waals surface area contributed by atoms with Gasteiger partial charge in [0.25, 0.3) is 5.91 Å². The number of aromatic nitrogens is 4. The number of hydrogen-bond acceptors (Lipinski definition) is 5. The predicted molar refractivity (Wildman–Crippen MR) is 115 cm³/mol. The number of fused-ring (bicyclic) bond motifs is 2. The molecule has 1 amide bonds. The molecule has 4 aromatic rings. The van der Waals surface area contributed by atoms with Crippen LogP contribution in [0.3, 0.4) is 0 Å². The van der Waals surface area contributed by atoms with Gasteiger partial charge in [0.05, 0.1) is 6.54 Å². The first kappa shape index (κ1) is 19.3. The van der Waals surface area contributed by atoms with Gasteiger partial charge in [0.15, 0.2) is 5.76 Å². The second kappa shape index (κ2) is 7.86. The van der Waals surface area contributed by atoms with Gasteiger partial charge >= 0.3 is 5.69 Å².